The first-order chi connectivity index (χ1) is 19.0. The lowest BCUT2D eigenvalue weighted by Gasteiger charge is -2.36. The Labute approximate surface area is 235 Å². The Morgan fingerprint density at radius 2 is 1.67 bits per heavy atom. The maximum absolute atomic E-state index is 13.9. The van der Waals surface area contributed by atoms with Gasteiger partial charge in [-0.05, 0) is 71.6 Å². The molecule has 2 atom stereocenters. The number of amides is 2. The van der Waals surface area contributed by atoms with Gasteiger partial charge in [-0.15, -0.1) is 0 Å². The molecular formula is C32H36ClN3O3. The second kappa shape index (κ2) is 12.8. The molecule has 0 aromatic heterocycles. The number of hydrogen-bond acceptors (Lipinski definition) is 4. The first kappa shape index (κ1) is 27.4. The number of piperidine rings is 1. The quantitative estimate of drug-likeness (QED) is 0.396. The van der Waals surface area contributed by atoms with Crippen LogP contribution in [0.1, 0.15) is 52.6 Å². The lowest BCUT2D eigenvalue weighted by Crippen LogP contribution is -2.54. The highest BCUT2D eigenvalue weighted by atomic mass is 35.5. The molecule has 3 aromatic carbocycles. The van der Waals surface area contributed by atoms with Crippen molar-refractivity contribution in [1.29, 1.82) is 0 Å². The molecule has 0 aliphatic carbocycles. The summed E-state index contributed by atoms with van der Waals surface area (Å²) in [5.74, 6) is 0.121. The van der Waals surface area contributed by atoms with Gasteiger partial charge in [-0.2, -0.15) is 0 Å². The predicted molar refractivity (Wildman–Crippen MR) is 154 cm³/mol. The number of hydrogen-bond donors (Lipinski definition) is 3. The Kier molecular flexibility index (Phi) is 8.97. The number of benzene rings is 3. The second-order valence-electron chi connectivity index (χ2n) is 10.5. The van der Waals surface area contributed by atoms with E-state index in [0.717, 1.165) is 36.9 Å². The van der Waals surface area contributed by atoms with E-state index in [9.17, 15) is 14.7 Å². The summed E-state index contributed by atoms with van der Waals surface area (Å²) >= 11 is 6.09. The Balaban J connectivity index is 1.31. The fourth-order valence-electron chi connectivity index (χ4n) is 5.96. The van der Waals surface area contributed by atoms with Crippen molar-refractivity contribution >= 4 is 23.4 Å². The summed E-state index contributed by atoms with van der Waals surface area (Å²) in [4.78, 5) is 29.3. The molecule has 3 N–H and O–H groups in total. The minimum atomic E-state index is -0.673. The summed E-state index contributed by atoms with van der Waals surface area (Å²) in [6.45, 7) is 2.11. The third kappa shape index (κ3) is 6.52. The number of aliphatic hydroxyl groups excluding tert-OH is 1. The van der Waals surface area contributed by atoms with Crippen LogP contribution in [-0.2, 0) is 28.9 Å². The van der Waals surface area contributed by atoms with Gasteiger partial charge in [0.15, 0.2) is 0 Å². The number of fused-ring (bicyclic) bond motifs is 1. The number of carbonyl (C=O) groups excluding carboxylic acids is 2. The van der Waals surface area contributed by atoms with Crippen molar-refractivity contribution in [3.8, 4) is 0 Å². The van der Waals surface area contributed by atoms with E-state index in [2.05, 4.69) is 28.8 Å². The van der Waals surface area contributed by atoms with Gasteiger partial charge in [-0.3, -0.25) is 9.59 Å². The molecule has 0 spiro atoms. The van der Waals surface area contributed by atoms with Crippen molar-refractivity contribution in [2.24, 2.45) is 0 Å². The van der Waals surface area contributed by atoms with Crippen molar-refractivity contribution in [3.05, 3.63) is 106 Å². The van der Waals surface area contributed by atoms with Gasteiger partial charge < -0.3 is 20.6 Å². The van der Waals surface area contributed by atoms with Crippen molar-refractivity contribution in [2.75, 3.05) is 26.2 Å². The van der Waals surface area contributed by atoms with E-state index in [4.69, 9.17) is 11.6 Å². The van der Waals surface area contributed by atoms with Gasteiger partial charge in [-0.25, -0.2) is 0 Å². The number of likely N-dealkylation sites (tertiary alicyclic amines) is 1. The van der Waals surface area contributed by atoms with E-state index in [1.807, 2.05) is 59.5 Å². The molecule has 7 heteroatoms. The Bertz CT molecular complexity index is 1290. The molecule has 0 saturated carbocycles. The minimum Gasteiger partial charge on any atom is -0.396 e. The van der Waals surface area contributed by atoms with Crippen LogP contribution in [0.25, 0.3) is 0 Å². The van der Waals surface area contributed by atoms with Gasteiger partial charge in [0.1, 0.15) is 12.1 Å². The Hall–Kier alpha value is -3.19. The molecule has 6 nitrogen and oxygen atoms in total. The van der Waals surface area contributed by atoms with E-state index in [1.54, 1.807) is 0 Å². The minimum absolute atomic E-state index is 0.0514. The highest BCUT2D eigenvalue weighted by molar-refractivity contribution is 6.30. The maximum atomic E-state index is 13.9. The van der Waals surface area contributed by atoms with Crippen molar-refractivity contribution in [2.45, 2.75) is 50.1 Å². The molecule has 0 bridgehead atoms. The van der Waals surface area contributed by atoms with Crippen LogP contribution in [0.4, 0.5) is 0 Å². The van der Waals surface area contributed by atoms with Crippen LogP contribution in [0.15, 0.2) is 72.8 Å². The maximum Gasteiger partial charge on any atom is 0.245 e. The van der Waals surface area contributed by atoms with Crippen LogP contribution in [0.3, 0.4) is 0 Å². The average Bonchev–Trinajstić information content (AvgIpc) is 2.98. The van der Waals surface area contributed by atoms with Gasteiger partial charge in [-0.1, -0.05) is 72.3 Å². The van der Waals surface area contributed by atoms with E-state index in [-0.39, 0.29) is 18.4 Å². The second-order valence-corrected chi connectivity index (χ2v) is 10.9. The molecule has 2 amide bonds. The molecule has 39 heavy (non-hydrogen) atoms. The first-order valence-electron chi connectivity index (χ1n) is 13.9. The highest BCUT2D eigenvalue weighted by Crippen LogP contribution is 2.31. The standard InChI is InChI=1S/C32H36ClN3O3/c33-26-11-9-22(10-12-26)21-29(35-31(38)30-28-8-4-2-5-23(28)13-17-34-30)32(39)36-18-14-25(15-19-36)27-7-3-1-6-24(27)16-20-37/h1-12,25,29-30,34,37H,13-21H2,(H,35,38)/t29-,30?/m1/s1. The molecule has 2 aliphatic rings. The van der Waals surface area contributed by atoms with Gasteiger partial charge >= 0.3 is 0 Å². The number of carbonyl (C=O) groups is 2. The molecule has 1 unspecified atom stereocenters. The normalized spacial score (nSPS) is 18.3. The van der Waals surface area contributed by atoms with Crippen molar-refractivity contribution in [3.63, 3.8) is 0 Å². The number of aliphatic hydroxyl groups is 1. The molecule has 0 radical (unpaired) electrons. The monoisotopic (exact) mass is 545 g/mol. The average molecular weight is 546 g/mol. The Morgan fingerprint density at radius 3 is 2.41 bits per heavy atom. The van der Waals surface area contributed by atoms with Gasteiger partial charge in [0.25, 0.3) is 0 Å². The van der Waals surface area contributed by atoms with E-state index in [1.165, 1.54) is 16.7 Å². The summed E-state index contributed by atoms with van der Waals surface area (Å²) in [5.41, 5.74) is 5.54. The first-order valence-corrected chi connectivity index (χ1v) is 14.2. The summed E-state index contributed by atoms with van der Waals surface area (Å²) in [7, 11) is 0. The van der Waals surface area contributed by atoms with Crippen LogP contribution in [0.5, 0.6) is 0 Å². The third-order valence-corrected chi connectivity index (χ3v) is 8.27. The fourth-order valence-corrected chi connectivity index (χ4v) is 6.09. The topological polar surface area (TPSA) is 81.7 Å². The lowest BCUT2D eigenvalue weighted by molar-refractivity contribution is -0.137. The zero-order valence-electron chi connectivity index (χ0n) is 22.1. The van der Waals surface area contributed by atoms with Crippen LogP contribution >= 0.6 is 11.6 Å². The Morgan fingerprint density at radius 1 is 0.974 bits per heavy atom. The lowest BCUT2D eigenvalue weighted by atomic mass is 9.85. The molecule has 3 aromatic rings. The van der Waals surface area contributed by atoms with Crippen LogP contribution in [-0.4, -0.2) is 54.1 Å². The van der Waals surface area contributed by atoms with Crippen LogP contribution in [0.2, 0.25) is 5.02 Å². The molecule has 1 saturated heterocycles. The predicted octanol–water partition coefficient (Wildman–Crippen LogP) is 4.20. The van der Waals surface area contributed by atoms with Gasteiger partial charge in [0.2, 0.25) is 11.8 Å². The van der Waals surface area contributed by atoms with Crippen molar-refractivity contribution in [1.82, 2.24) is 15.5 Å². The van der Waals surface area contributed by atoms with Gasteiger partial charge in [0, 0.05) is 37.7 Å². The molecular weight excluding hydrogens is 510 g/mol. The fraction of sp³-hybridized carbons (Fsp3) is 0.375. The van der Waals surface area contributed by atoms with E-state index in [0.29, 0.717) is 36.9 Å². The summed E-state index contributed by atoms with van der Waals surface area (Å²) < 4.78 is 0. The smallest absolute Gasteiger partial charge is 0.245 e. The van der Waals surface area contributed by atoms with Crippen LogP contribution < -0.4 is 10.6 Å². The highest BCUT2D eigenvalue weighted by Gasteiger charge is 2.33. The summed E-state index contributed by atoms with van der Waals surface area (Å²) in [6, 6.07) is 22.6. The van der Waals surface area contributed by atoms with E-state index >= 15 is 0 Å². The largest absolute Gasteiger partial charge is 0.396 e. The number of nitrogens with zero attached hydrogens (tertiary/aromatic N) is 1. The third-order valence-electron chi connectivity index (χ3n) is 8.02. The zero-order valence-corrected chi connectivity index (χ0v) is 22.9. The molecule has 2 aliphatic heterocycles. The molecule has 204 valence electrons. The van der Waals surface area contributed by atoms with Crippen LogP contribution in [0, 0.1) is 0 Å². The van der Waals surface area contributed by atoms with E-state index < -0.39 is 12.1 Å². The summed E-state index contributed by atoms with van der Waals surface area (Å²) in [5, 5.41) is 16.6. The van der Waals surface area contributed by atoms with Gasteiger partial charge in [0.05, 0.1) is 0 Å². The molecule has 2 heterocycles. The molecule has 5 rings (SSSR count). The number of rotatable bonds is 8. The zero-order chi connectivity index (χ0) is 27.2. The number of halogens is 1. The number of nitrogens with one attached hydrogen (secondary N) is 2. The SMILES string of the molecule is O=C(N[C@H](Cc1ccc(Cl)cc1)C(=O)N1CCC(c2ccccc2CCO)CC1)C1NCCc2ccccc21. The molecule has 1 fully saturated rings. The van der Waals surface area contributed by atoms with Crippen molar-refractivity contribution < 1.29 is 14.7 Å². The summed E-state index contributed by atoms with van der Waals surface area (Å²) in [6.07, 6.45) is 3.63.